The van der Waals surface area contributed by atoms with Gasteiger partial charge >= 0.3 is 0 Å². The standard InChI is InChI=1S/C14H13BrN2OS/c1-8-12(15)14(19)17-13(16-8)10-6-7-18-11-5-3-2-4-9(10)11/h2-5,10H,6-7H2,1H3,(H,16,17,19). The van der Waals surface area contributed by atoms with Gasteiger partial charge in [0.2, 0.25) is 0 Å². The van der Waals surface area contributed by atoms with Crippen molar-refractivity contribution in [2.75, 3.05) is 6.61 Å². The number of benzene rings is 1. The van der Waals surface area contributed by atoms with E-state index >= 15 is 0 Å². The molecule has 98 valence electrons. The number of aromatic amines is 1. The van der Waals surface area contributed by atoms with Crippen LogP contribution in [0, 0.1) is 11.6 Å². The summed E-state index contributed by atoms with van der Waals surface area (Å²) in [4.78, 5) is 7.86. The lowest BCUT2D eigenvalue weighted by atomic mass is 9.92. The van der Waals surface area contributed by atoms with Gasteiger partial charge in [-0.15, -0.1) is 0 Å². The Balaban J connectivity index is 2.12. The zero-order valence-electron chi connectivity index (χ0n) is 10.4. The van der Waals surface area contributed by atoms with Crippen molar-refractivity contribution >= 4 is 28.1 Å². The third-order valence-corrected chi connectivity index (χ3v) is 4.87. The summed E-state index contributed by atoms with van der Waals surface area (Å²) in [5, 5.41) is 0. The molecule has 0 bridgehead atoms. The van der Waals surface area contributed by atoms with E-state index in [1.165, 1.54) is 5.56 Å². The van der Waals surface area contributed by atoms with Gasteiger partial charge in [0, 0.05) is 17.2 Å². The average Bonchev–Trinajstić information content (AvgIpc) is 2.43. The topological polar surface area (TPSA) is 37.9 Å². The molecule has 1 aromatic carbocycles. The number of para-hydroxylation sites is 1. The molecule has 2 aromatic rings. The Kier molecular flexibility index (Phi) is 3.41. The molecule has 1 N–H and O–H groups in total. The number of rotatable bonds is 1. The van der Waals surface area contributed by atoms with Crippen LogP contribution in [-0.2, 0) is 0 Å². The number of aromatic nitrogens is 2. The molecule has 0 amide bonds. The summed E-state index contributed by atoms with van der Waals surface area (Å²) in [6.45, 7) is 2.70. The van der Waals surface area contributed by atoms with E-state index in [1.807, 2.05) is 25.1 Å². The van der Waals surface area contributed by atoms with Crippen molar-refractivity contribution in [3.8, 4) is 5.75 Å². The van der Waals surface area contributed by atoms with E-state index in [9.17, 15) is 0 Å². The first-order valence-electron chi connectivity index (χ1n) is 6.15. The fourth-order valence-corrected chi connectivity index (χ4v) is 2.82. The molecule has 1 aliphatic rings. The third kappa shape index (κ3) is 2.32. The van der Waals surface area contributed by atoms with Crippen molar-refractivity contribution < 1.29 is 4.74 Å². The highest BCUT2D eigenvalue weighted by molar-refractivity contribution is 9.10. The summed E-state index contributed by atoms with van der Waals surface area (Å²) in [7, 11) is 0. The molecule has 0 saturated heterocycles. The van der Waals surface area contributed by atoms with Crippen LogP contribution in [0.4, 0.5) is 0 Å². The summed E-state index contributed by atoms with van der Waals surface area (Å²) in [5.74, 6) is 2.08. The number of hydrogen-bond donors (Lipinski definition) is 1. The van der Waals surface area contributed by atoms with Gasteiger partial charge in [-0.2, -0.15) is 0 Å². The van der Waals surface area contributed by atoms with E-state index in [2.05, 4.69) is 32.0 Å². The Labute approximate surface area is 125 Å². The number of halogens is 1. The van der Waals surface area contributed by atoms with Crippen molar-refractivity contribution in [2.45, 2.75) is 19.3 Å². The quantitative estimate of drug-likeness (QED) is 0.796. The lowest BCUT2D eigenvalue weighted by Crippen LogP contribution is -2.17. The largest absolute Gasteiger partial charge is 0.493 e. The Morgan fingerprint density at radius 3 is 3.00 bits per heavy atom. The highest BCUT2D eigenvalue weighted by atomic mass is 79.9. The molecule has 1 unspecified atom stereocenters. The lowest BCUT2D eigenvalue weighted by molar-refractivity contribution is 0.274. The van der Waals surface area contributed by atoms with Crippen LogP contribution in [-0.4, -0.2) is 16.6 Å². The first-order chi connectivity index (χ1) is 9.16. The molecule has 0 aliphatic carbocycles. The number of nitrogens with one attached hydrogen (secondary N) is 1. The summed E-state index contributed by atoms with van der Waals surface area (Å²) in [6, 6.07) is 8.11. The Morgan fingerprint density at radius 1 is 1.42 bits per heavy atom. The fraction of sp³-hybridized carbons (Fsp3) is 0.286. The molecule has 0 saturated carbocycles. The van der Waals surface area contributed by atoms with Crippen LogP contribution in [0.5, 0.6) is 5.75 Å². The molecule has 1 atom stereocenters. The highest BCUT2D eigenvalue weighted by Gasteiger charge is 2.24. The predicted molar refractivity (Wildman–Crippen MR) is 80.3 cm³/mol. The summed E-state index contributed by atoms with van der Waals surface area (Å²) in [6.07, 6.45) is 0.913. The van der Waals surface area contributed by atoms with E-state index in [0.29, 0.717) is 11.2 Å². The van der Waals surface area contributed by atoms with Crippen LogP contribution in [0.2, 0.25) is 0 Å². The molecule has 5 heteroatoms. The normalized spacial score (nSPS) is 17.7. The number of H-pyrrole nitrogens is 1. The van der Waals surface area contributed by atoms with Gasteiger partial charge < -0.3 is 9.72 Å². The SMILES string of the molecule is Cc1[nH]c(C2CCOc3ccccc32)nc(=S)c1Br. The molecule has 1 aliphatic heterocycles. The fourth-order valence-electron chi connectivity index (χ4n) is 2.38. The van der Waals surface area contributed by atoms with Gasteiger partial charge in [0.25, 0.3) is 0 Å². The zero-order chi connectivity index (χ0) is 13.4. The first kappa shape index (κ1) is 12.8. The van der Waals surface area contributed by atoms with Crippen LogP contribution >= 0.6 is 28.1 Å². The van der Waals surface area contributed by atoms with E-state index < -0.39 is 0 Å². The second kappa shape index (κ2) is 5.06. The number of nitrogens with zero attached hydrogens (tertiary/aromatic N) is 1. The van der Waals surface area contributed by atoms with Crippen molar-refractivity contribution in [3.05, 3.63) is 50.5 Å². The maximum absolute atomic E-state index is 5.68. The molecular weight excluding hydrogens is 324 g/mol. The predicted octanol–water partition coefficient (Wildman–Crippen LogP) is 4.12. The second-order valence-electron chi connectivity index (χ2n) is 4.59. The maximum atomic E-state index is 5.68. The number of aryl methyl sites for hydroxylation is 1. The summed E-state index contributed by atoms with van der Waals surface area (Å²) in [5.41, 5.74) is 2.19. The van der Waals surface area contributed by atoms with Gasteiger partial charge in [0.15, 0.2) is 0 Å². The van der Waals surface area contributed by atoms with Crippen molar-refractivity contribution in [2.24, 2.45) is 0 Å². The van der Waals surface area contributed by atoms with E-state index in [-0.39, 0.29) is 5.92 Å². The minimum absolute atomic E-state index is 0.221. The van der Waals surface area contributed by atoms with Crippen LogP contribution in [0.25, 0.3) is 0 Å². The number of hydrogen-bond acceptors (Lipinski definition) is 3. The lowest BCUT2D eigenvalue weighted by Gasteiger charge is -2.25. The molecule has 1 aromatic heterocycles. The molecular formula is C14H13BrN2OS. The van der Waals surface area contributed by atoms with E-state index in [1.54, 1.807) is 0 Å². The van der Waals surface area contributed by atoms with Gasteiger partial charge in [0.1, 0.15) is 16.2 Å². The molecule has 0 spiro atoms. The molecule has 19 heavy (non-hydrogen) atoms. The summed E-state index contributed by atoms with van der Waals surface area (Å²) >= 11 is 8.73. The van der Waals surface area contributed by atoms with Crippen molar-refractivity contribution in [1.82, 2.24) is 9.97 Å². The van der Waals surface area contributed by atoms with Gasteiger partial charge in [-0.25, -0.2) is 4.98 Å². The summed E-state index contributed by atoms with van der Waals surface area (Å²) < 4.78 is 7.16. The molecule has 2 heterocycles. The average molecular weight is 337 g/mol. The number of fused-ring (bicyclic) bond motifs is 1. The minimum atomic E-state index is 0.221. The Morgan fingerprint density at radius 2 is 2.21 bits per heavy atom. The maximum Gasteiger partial charge on any atom is 0.144 e. The van der Waals surface area contributed by atoms with Gasteiger partial charge in [-0.3, -0.25) is 0 Å². The molecule has 0 fully saturated rings. The second-order valence-corrected chi connectivity index (χ2v) is 5.77. The van der Waals surface area contributed by atoms with Crippen molar-refractivity contribution in [1.29, 1.82) is 0 Å². The molecule has 3 nitrogen and oxygen atoms in total. The van der Waals surface area contributed by atoms with Crippen LogP contribution in [0.3, 0.4) is 0 Å². The molecule has 0 radical (unpaired) electrons. The Hall–Kier alpha value is -1.20. The van der Waals surface area contributed by atoms with Crippen LogP contribution in [0.15, 0.2) is 28.7 Å². The van der Waals surface area contributed by atoms with Crippen LogP contribution in [0.1, 0.15) is 29.4 Å². The monoisotopic (exact) mass is 336 g/mol. The Bertz CT molecular complexity index is 683. The zero-order valence-corrected chi connectivity index (χ0v) is 12.8. The minimum Gasteiger partial charge on any atom is -0.493 e. The van der Waals surface area contributed by atoms with E-state index in [4.69, 9.17) is 17.0 Å². The van der Waals surface area contributed by atoms with Gasteiger partial charge in [0.05, 0.1) is 11.1 Å². The van der Waals surface area contributed by atoms with Gasteiger partial charge in [-0.05, 0) is 35.3 Å². The number of ether oxygens (including phenoxy) is 1. The smallest absolute Gasteiger partial charge is 0.144 e. The van der Waals surface area contributed by atoms with Gasteiger partial charge in [-0.1, -0.05) is 30.4 Å². The van der Waals surface area contributed by atoms with E-state index in [0.717, 1.165) is 28.2 Å². The molecule has 3 rings (SSSR count). The van der Waals surface area contributed by atoms with Crippen LogP contribution < -0.4 is 4.74 Å². The third-order valence-electron chi connectivity index (χ3n) is 3.34. The highest BCUT2D eigenvalue weighted by Crippen LogP contribution is 2.36. The van der Waals surface area contributed by atoms with Crippen molar-refractivity contribution in [3.63, 3.8) is 0 Å². The first-order valence-corrected chi connectivity index (χ1v) is 7.35.